The van der Waals surface area contributed by atoms with Crippen molar-refractivity contribution in [1.29, 1.82) is 0 Å². The number of cyclic esters (lactones) is 1. The number of rotatable bonds is 7. The van der Waals surface area contributed by atoms with Crippen molar-refractivity contribution >= 4 is 33.9 Å². The summed E-state index contributed by atoms with van der Waals surface area (Å²) in [7, 11) is 0. The molecule has 1 aliphatic rings. The predicted octanol–water partition coefficient (Wildman–Crippen LogP) is 6.08. The van der Waals surface area contributed by atoms with Crippen molar-refractivity contribution in [3.05, 3.63) is 99.2 Å². The summed E-state index contributed by atoms with van der Waals surface area (Å²) in [6, 6.07) is 21.1. The Morgan fingerprint density at radius 3 is 2.62 bits per heavy atom. The van der Waals surface area contributed by atoms with Crippen molar-refractivity contribution in [2.45, 2.75) is 20.5 Å². The van der Waals surface area contributed by atoms with Gasteiger partial charge in [0.1, 0.15) is 6.61 Å². The van der Waals surface area contributed by atoms with E-state index in [0.29, 0.717) is 30.6 Å². The fraction of sp³-hybridized carbons (Fsp3) is 0.154. The Morgan fingerprint density at radius 1 is 1.00 bits per heavy atom. The van der Waals surface area contributed by atoms with E-state index in [0.717, 1.165) is 26.7 Å². The summed E-state index contributed by atoms with van der Waals surface area (Å²) in [6.07, 6.45) is 1.69. The lowest BCUT2D eigenvalue weighted by atomic mass is 10.1. The minimum Gasteiger partial charge on any atom is -0.490 e. The average molecular weight is 492 g/mol. The number of esters is 1. The number of aliphatic imine (C=N–C) groups is 1. The van der Waals surface area contributed by atoms with Crippen molar-refractivity contribution in [3.8, 4) is 11.5 Å². The highest BCUT2D eigenvalue weighted by molar-refractivity contribution is 9.10. The zero-order valence-electron chi connectivity index (χ0n) is 17.8. The van der Waals surface area contributed by atoms with Crippen LogP contribution in [0.3, 0.4) is 0 Å². The van der Waals surface area contributed by atoms with Gasteiger partial charge in [0.05, 0.1) is 6.61 Å². The summed E-state index contributed by atoms with van der Waals surface area (Å²) in [4.78, 5) is 16.8. The Balaban J connectivity index is 1.57. The third-order valence-corrected chi connectivity index (χ3v) is 5.34. The summed E-state index contributed by atoms with van der Waals surface area (Å²) >= 11 is 3.47. The Labute approximate surface area is 195 Å². The van der Waals surface area contributed by atoms with E-state index < -0.39 is 5.97 Å². The van der Waals surface area contributed by atoms with Gasteiger partial charge in [0.25, 0.3) is 0 Å². The maximum Gasteiger partial charge on any atom is 0.363 e. The standard InChI is InChI=1S/C26H22BrNO4/c1-3-30-24-15-18(11-12-23(24)31-16-19-8-6-9-20(27)13-19)14-22-26(29)32-25(28-22)21-10-5-4-7-17(21)2/h4-15H,3,16H2,1-2H3/b22-14-. The van der Waals surface area contributed by atoms with Crippen molar-refractivity contribution in [3.63, 3.8) is 0 Å². The van der Waals surface area contributed by atoms with Crippen LogP contribution in [0, 0.1) is 6.92 Å². The van der Waals surface area contributed by atoms with E-state index in [1.54, 1.807) is 6.08 Å². The van der Waals surface area contributed by atoms with Gasteiger partial charge >= 0.3 is 5.97 Å². The summed E-state index contributed by atoms with van der Waals surface area (Å²) in [5, 5.41) is 0. The molecule has 0 aromatic heterocycles. The average Bonchev–Trinajstić information content (AvgIpc) is 3.13. The molecule has 0 aliphatic carbocycles. The number of carbonyl (C=O) groups excluding carboxylic acids is 1. The largest absolute Gasteiger partial charge is 0.490 e. The maximum absolute atomic E-state index is 12.4. The highest BCUT2D eigenvalue weighted by atomic mass is 79.9. The highest BCUT2D eigenvalue weighted by Gasteiger charge is 2.25. The summed E-state index contributed by atoms with van der Waals surface area (Å²) in [6.45, 7) is 4.77. The molecule has 0 amide bonds. The first-order chi connectivity index (χ1) is 15.5. The van der Waals surface area contributed by atoms with Crippen LogP contribution in [0.1, 0.15) is 29.2 Å². The van der Waals surface area contributed by atoms with E-state index in [-0.39, 0.29) is 5.70 Å². The number of carbonyl (C=O) groups is 1. The van der Waals surface area contributed by atoms with Gasteiger partial charge in [0, 0.05) is 10.0 Å². The van der Waals surface area contributed by atoms with Gasteiger partial charge in [-0.2, -0.15) is 0 Å². The number of nitrogens with zero attached hydrogens (tertiary/aromatic N) is 1. The van der Waals surface area contributed by atoms with E-state index in [1.165, 1.54) is 0 Å². The monoisotopic (exact) mass is 491 g/mol. The molecule has 6 heteroatoms. The van der Waals surface area contributed by atoms with Crippen LogP contribution >= 0.6 is 15.9 Å². The fourth-order valence-electron chi connectivity index (χ4n) is 3.28. The maximum atomic E-state index is 12.4. The second-order valence-electron chi connectivity index (χ2n) is 7.21. The Morgan fingerprint density at radius 2 is 1.84 bits per heavy atom. The highest BCUT2D eigenvalue weighted by Crippen LogP contribution is 2.31. The SMILES string of the molecule is CCOc1cc(/C=C2\N=C(c3ccccc3C)OC2=O)ccc1OCc1cccc(Br)c1. The van der Waals surface area contributed by atoms with Crippen LogP contribution in [-0.4, -0.2) is 18.5 Å². The number of aryl methyl sites for hydroxylation is 1. The Hall–Kier alpha value is -3.38. The molecule has 0 unspecified atom stereocenters. The second kappa shape index (κ2) is 9.83. The molecule has 4 rings (SSSR count). The minimum atomic E-state index is -0.476. The van der Waals surface area contributed by atoms with E-state index in [4.69, 9.17) is 14.2 Å². The molecular weight excluding hydrogens is 470 g/mol. The number of hydrogen-bond acceptors (Lipinski definition) is 5. The van der Waals surface area contributed by atoms with Gasteiger partial charge in [-0.3, -0.25) is 0 Å². The van der Waals surface area contributed by atoms with E-state index in [9.17, 15) is 4.79 Å². The van der Waals surface area contributed by atoms with Crippen LogP contribution in [0.2, 0.25) is 0 Å². The van der Waals surface area contributed by atoms with Crippen LogP contribution in [0.4, 0.5) is 0 Å². The van der Waals surface area contributed by atoms with Crippen molar-refractivity contribution in [2.75, 3.05) is 6.61 Å². The molecule has 5 nitrogen and oxygen atoms in total. The first kappa shape index (κ1) is 21.8. The molecule has 1 aliphatic heterocycles. The molecule has 32 heavy (non-hydrogen) atoms. The summed E-state index contributed by atoms with van der Waals surface area (Å²) in [5.74, 6) is 1.08. The zero-order chi connectivity index (χ0) is 22.5. The van der Waals surface area contributed by atoms with Gasteiger partial charge < -0.3 is 14.2 Å². The van der Waals surface area contributed by atoms with E-state index in [1.807, 2.05) is 80.6 Å². The molecular formula is C26H22BrNO4. The molecule has 0 radical (unpaired) electrons. The normalized spacial score (nSPS) is 14.3. The lowest BCUT2D eigenvalue weighted by Gasteiger charge is -2.13. The van der Waals surface area contributed by atoms with E-state index in [2.05, 4.69) is 20.9 Å². The van der Waals surface area contributed by atoms with Crippen LogP contribution in [-0.2, 0) is 16.1 Å². The zero-order valence-corrected chi connectivity index (χ0v) is 19.4. The molecule has 3 aromatic carbocycles. The molecule has 0 N–H and O–H groups in total. The molecule has 0 bridgehead atoms. The lowest BCUT2D eigenvalue weighted by Crippen LogP contribution is -2.06. The summed E-state index contributed by atoms with van der Waals surface area (Å²) in [5.41, 5.74) is 3.85. The van der Waals surface area contributed by atoms with Gasteiger partial charge in [-0.1, -0.05) is 52.3 Å². The molecule has 0 spiro atoms. The van der Waals surface area contributed by atoms with E-state index >= 15 is 0 Å². The van der Waals surface area contributed by atoms with Gasteiger partial charge in [0.2, 0.25) is 5.90 Å². The third kappa shape index (κ3) is 5.08. The van der Waals surface area contributed by atoms with Crippen LogP contribution < -0.4 is 9.47 Å². The molecule has 162 valence electrons. The van der Waals surface area contributed by atoms with Crippen LogP contribution in [0.5, 0.6) is 11.5 Å². The Bertz CT molecular complexity index is 1220. The first-order valence-corrected chi connectivity index (χ1v) is 11.1. The summed E-state index contributed by atoms with van der Waals surface area (Å²) < 4.78 is 18.1. The number of ether oxygens (including phenoxy) is 3. The molecule has 0 atom stereocenters. The fourth-order valence-corrected chi connectivity index (χ4v) is 3.73. The minimum absolute atomic E-state index is 0.244. The Kier molecular flexibility index (Phi) is 6.71. The van der Waals surface area contributed by atoms with Gasteiger partial charge in [-0.25, -0.2) is 9.79 Å². The van der Waals surface area contributed by atoms with Gasteiger partial charge in [0.15, 0.2) is 17.2 Å². The molecule has 0 saturated carbocycles. The number of halogens is 1. The second-order valence-corrected chi connectivity index (χ2v) is 8.12. The third-order valence-electron chi connectivity index (χ3n) is 4.85. The van der Waals surface area contributed by atoms with Crippen LogP contribution in [0.15, 0.2) is 81.9 Å². The lowest BCUT2D eigenvalue weighted by molar-refractivity contribution is -0.129. The van der Waals surface area contributed by atoms with Crippen molar-refractivity contribution in [2.24, 2.45) is 4.99 Å². The topological polar surface area (TPSA) is 57.1 Å². The van der Waals surface area contributed by atoms with Gasteiger partial charge in [-0.15, -0.1) is 0 Å². The molecule has 3 aromatic rings. The number of hydrogen-bond donors (Lipinski definition) is 0. The smallest absolute Gasteiger partial charge is 0.363 e. The van der Waals surface area contributed by atoms with Crippen molar-refractivity contribution in [1.82, 2.24) is 0 Å². The first-order valence-electron chi connectivity index (χ1n) is 10.3. The predicted molar refractivity (Wildman–Crippen MR) is 128 cm³/mol. The molecule has 0 saturated heterocycles. The van der Waals surface area contributed by atoms with Crippen LogP contribution in [0.25, 0.3) is 6.08 Å². The molecule has 0 fully saturated rings. The number of benzene rings is 3. The van der Waals surface area contributed by atoms with Crippen molar-refractivity contribution < 1.29 is 19.0 Å². The van der Waals surface area contributed by atoms with Gasteiger partial charge in [-0.05, 0) is 66.9 Å². The quantitative estimate of drug-likeness (QED) is 0.296. The molecule has 1 heterocycles.